The minimum Gasteiger partial charge on any atom is -0.506 e. The van der Waals surface area contributed by atoms with Gasteiger partial charge in [0.2, 0.25) is 0 Å². The molecule has 0 radical (unpaired) electrons. The van der Waals surface area contributed by atoms with E-state index in [0.29, 0.717) is 22.4 Å². The van der Waals surface area contributed by atoms with Crippen molar-refractivity contribution in [3.63, 3.8) is 0 Å². The number of nitrogens with zero attached hydrogens (tertiary/aromatic N) is 2. The SMILES string of the molecule is Cc1nc(Nc2cc(Cl)ccc2O)c2c(-c3ccc(F)cc3)c(C)sc2n1. The summed E-state index contributed by atoms with van der Waals surface area (Å²) in [5.41, 5.74) is 2.28. The maximum absolute atomic E-state index is 13.4. The molecule has 0 amide bonds. The number of aryl methyl sites for hydroxylation is 2. The fourth-order valence-corrected chi connectivity index (χ4v) is 4.27. The second-order valence-electron chi connectivity index (χ2n) is 6.13. The number of fused-ring (bicyclic) bond motifs is 1. The van der Waals surface area contributed by atoms with Crippen molar-refractivity contribution in [3.8, 4) is 16.9 Å². The zero-order valence-electron chi connectivity index (χ0n) is 14.5. The molecule has 0 aliphatic carbocycles. The van der Waals surface area contributed by atoms with Crippen LogP contribution in [0.5, 0.6) is 5.75 Å². The predicted molar refractivity (Wildman–Crippen MR) is 109 cm³/mol. The van der Waals surface area contributed by atoms with Gasteiger partial charge >= 0.3 is 0 Å². The average molecular weight is 400 g/mol. The minimum atomic E-state index is -0.287. The van der Waals surface area contributed by atoms with Crippen LogP contribution in [0.3, 0.4) is 0 Å². The third-order valence-corrected chi connectivity index (χ3v) is 5.42. The summed E-state index contributed by atoms with van der Waals surface area (Å²) in [4.78, 5) is 11.0. The van der Waals surface area contributed by atoms with Crippen LogP contribution in [0.2, 0.25) is 5.02 Å². The molecule has 0 saturated heterocycles. The van der Waals surface area contributed by atoms with E-state index in [1.807, 2.05) is 13.8 Å². The van der Waals surface area contributed by atoms with Crippen molar-refractivity contribution >= 4 is 44.7 Å². The molecule has 2 aromatic heterocycles. The number of hydrogen-bond donors (Lipinski definition) is 2. The first-order valence-corrected chi connectivity index (χ1v) is 9.41. The Morgan fingerprint density at radius 2 is 1.81 bits per heavy atom. The van der Waals surface area contributed by atoms with Crippen molar-refractivity contribution in [3.05, 3.63) is 64.0 Å². The van der Waals surface area contributed by atoms with E-state index in [9.17, 15) is 9.50 Å². The second-order valence-corrected chi connectivity index (χ2v) is 7.77. The Bertz CT molecular complexity index is 1160. The van der Waals surface area contributed by atoms with Gasteiger partial charge in [0.25, 0.3) is 0 Å². The Balaban J connectivity index is 1.94. The number of anilines is 2. The van der Waals surface area contributed by atoms with Gasteiger partial charge in [0.1, 0.15) is 28.0 Å². The molecule has 0 fully saturated rings. The molecule has 0 bridgehead atoms. The molecule has 2 N–H and O–H groups in total. The summed E-state index contributed by atoms with van der Waals surface area (Å²) >= 11 is 7.61. The number of aromatic hydroxyl groups is 1. The third-order valence-electron chi connectivity index (χ3n) is 4.18. The molecular weight excluding hydrogens is 385 g/mol. The molecular formula is C20H15ClFN3OS. The molecule has 0 aliphatic rings. The van der Waals surface area contributed by atoms with Crippen molar-refractivity contribution < 1.29 is 9.50 Å². The van der Waals surface area contributed by atoms with Gasteiger partial charge in [-0.25, -0.2) is 14.4 Å². The van der Waals surface area contributed by atoms with Crippen molar-refractivity contribution in [1.82, 2.24) is 9.97 Å². The molecule has 0 spiro atoms. The molecule has 4 aromatic rings. The maximum atomic E-state index is 13.4. The number of phenols is 1. The molecule has 7 heteroatoms. The smallest absolute Gasteiger partial charge is 0.143 e. The van der Waals surface area contributed by atoms with Gasteiger partial charge in [-0.15, -0.1) is 11.3 Å². The van der Waals surface area contributed by atoms with Gasteiger partial charge in [-0.3, -0.25) is 0 Å². The number of benzene rings is 2. The van der Waals surface area contributed by atoms with Crippen LogP contribution in [-0.2, 0) is 0 Å². The minimum absolute atomic E-state index is 0.0686. The van der Waals surface area contributed by atoms with Gasteiger partial charge in [0.05, 0.1) is 11.1 Å². The fraction of sp³-hybridized carbons (Fsp3) is 0.100. The Labute approximate surface area is 164 Å². The van der Waals surface area contributed by atoms with Crippen LogP contribution < -0.4 is 5.32 Å². The van der Waals surface area contributed by atoms with Crippen LogP contribution in [0.4, 0.5) is 15.9 Å². The molecule has 0 saturated carbocycles. The van der Waals surface area contributed by atoms with Crippen LogP contribution in [0.15, 0.2) is 42.5 Å². The quantitative estimate of drug-likeness (QED) is 0.402. The van der Waals surface area contributed by atoms with E-state index in [2.05, 4.69) is 15.3 Å². The van der Waals surface area contributed by atoms with E-state index in [1.54, 1.807) is 35.6 Å². The van der Waals surface area contributed by atoms with Crippen LogP contribution in [0, 0.1) is 19.7 Å². The van der Waals surface area contributed by atoms with Crippen LogP contribution in [-0.4, -0.2) is 15.1 Å². The standard InChI is InChI=1S/C20H15ClFN3OS/c1-10-17(12-3-6-14(22)7-4-12)18-19(23-11(2)24-20(18)27-10)25-15-9-13(21)5-8-16(15)26/h3-9,26H,1-2H3,(H,23,24,25). The van der Waals surface area contributed by atoms with E-state index in [0.717, 1.165) is 26.2 Å². The summed E-state index contributed by atoms with van der Waals surface area (Å²) in [5.74, 6) is 0.960. The molecule has 0 aliphatic heterocycles. The highest BCUT2D eigenvalue weighted by Gasteiger charge is 2.18. The predicted octanol–water partition coefficient (Wildman–Crippen LogP) is 6.22. The molecule has 0 unspecified atom stereocenters. The van der Waals surface area contributed by atoms with E-state index >= 15 is 0 Å². The lowest BCUT2D eigenvalue weighted by Gasteiger charge is -2.11. The molecule has 27 heavy (non-hydrogen) atoms. The Morgan fingerprint density at radius 3 is 2.56 bits per heavy atom. The van der Waals surface area contributed by atoms with E-state index < -0.39 is 0 Å². The first-order valence-electron chi connectivity index (χ1n) is 8.21. The monoisotopic (exact) mass is 399 g/mol. The molecule has 0 atom stereocenters. The summed E-state index contributed by atoms with van der Waals surface area (Å²) in [6.45, 7) is 3.82. The van der Waals surface area contributed by atoms with E-state index in [1.165, 1.54) is 18.2 Å². The van der Waals surface area contributed by atoms with Crippen LogP contribution in [0.25, 0.3) is 21.3 Å². The number of rotatable bonds is 3. The Hall–Kier alpha value is -2.70. The lowest BCUT2D eigenvalue weighted by atomic mass is 10.0. The molecule has 2 heterocycles. The summed E-state index contributed by atoms with van der Waals surface area (Å²) in [6, 6.07) is 11.1. The van der Waals surface area contributed by atoms with Gasteiger partial charge in [-0.05, 0) is 49.7 Å². The van der Waals surface area contributed by atoms with Crippen molar-refractivity contribution in [2.24, 2.45) is 0 Å². The number of halogens is 2. The van der Waals surface area contributed by atoms with Gasteiger partial charge in [-0.1, -0.05) is 23.7 Å². The Morgan fingerprint density at radius 1 is 1.07 bits per heavy atom. The first kappa shape index (κ1) is 17.7. The molecule has 4 nitrogen and oxygen atoms in total. The van der Waals surface area contributed by atoms with E-state index in [4.69, 9.17) is 11.6 Å². The summed E-state index contributed by atoms with van der Waals surface area (Å²) in [7, 11) is 0. The highest BCUT2D eigenvalue weighted by molar-refractivity contribution is 7.19. The summed E-state index contributed by atoms with van der Waals surface area (Å²) < 4.78 is 13.4. The molecule has 2 aromatic carbocycles. The average Bonchev–Trinajstić information content (AvgIpc) is 2.94. The molecule has 136 valence electrons. The third kappa shape index (κ3) is 3.34. The van der Waals surface area contributed by atoms with Gasteiger partial charge in [-0.2, -0.15) is 0 Å². The summed E-state index contributed by atoms with van der Waals surface area (Å²) in [5, 5.41) is 14.7. The normalized spacial score (nSPS) is 11.1. The van der Waals surface area contributed by atoms with Gasteiger partial charge in [0, 0.05) is 15.5 Å². The lowest BCUT2D eigenvalue weighted by molar-refractivity contribution is 0.477. The van der Waals surface area contributed by atoms with Gasteiger partial charge in [0.15, 0.2) is 0 Å². The number of hydrogen-bond acceptors (Lipinski definition) is 5. The zero-order chi connectivity index (χ0) is 19.1. The largest absolute Gasteiger partial charge is 0.506 e. The van der Waals surface area contributed by atoms with Crippen LogP contribution in [0.1, 0.15) is 10.7 Å². The Kier molecular flexibility index (Phi) is 4.45. The number of phenolic OH excluding ortho intramolecular Hbond substituents is 1. The number of thiophene rings is 1. The zero-order valence-corrected chi connectivity index (χ0v) is 16.1. The number of aromatic nitrogens is 2. The fourth-order valence-electron chi connectivity index (χ4n) is 3.01. The van der Waals surface area contributed by atoms with Crippen molar-refractivity contribution in [2.75, 3.05) is 5.32 Å². The van der Waals surface area contributed by atoms with Crippen molar-refractivity contribution in [2.45, 2.75) is 13.8 Å². The second kappa shape index (κ2) is 6.79. The van der Waals surface area contributed by atoms with E-state index in [-0.39, 0.29) is 11.6 Å². The van der Waals surface area contributed by atoms with Gasteiger partial charge < -0.3 is 10.4 Å². The van der Waals surface area contributed by atoms with Crippen molar-refractivity contribution in [1.29, 1.82) is 0 Å². The highest BCUT2D eigenvalue weighted by Crippen LogP contribution is 2.42. The lowest BCUT2D eigenvalue weighted by Crippen LogP contribution is -1.99. The highest BCUT2D eigenvalue weighted by atomic mass is 35.5. The summed E-state index contributed by atoms with van der Waals surface area (Å²) in [6.07, 6.45) is 0. The number of nitrogens with one attached hydrogen (secondary N) is 1. The maximum Gasteiger partial charge on any atom is 0.143 e. The first-order chi connectivity index (χ1) is 12.9. The topological polar surface area (TPSA) is 58.0 Å². The van der Waals surface area contributed by atoms with Crippen LogP contribution >= 0.6 is 22.9 Å². The molecule has 4 rings (SSSR count).